The number of allylic oxidation sites excluding steroid dienone is 1. The molecule has 0 unspecified atom stereocenters. The number of rotatable bonds is 8. The maximum Gasteiger partial charge on any atom is 0.193 e. The molecule has 0 aliphatic heterocycles. The molecule has 0 radical (unpaired) electrons. The van der Waals surface area contributed by atoms with E-state index >= 15 is 0 Å². The molecule has 0 aromatic carbocycles. The van der Waals surface area contributed by atoms with Crippen molar-refractivity contribution in [3.63, 3.8) is 0 Å². The van der Waals surface area contributed by atoms with Gasteiger partial charge < -0.3 is 15.3 Å². The fourth-order valence-corrected chi connectivity index (χ4v) is 1.39. The summed E-state index contributed by atoms with van der Waals surface area (Å²) in [6, 6.07) is 0. The molecule has 19 heavy (non-hydrogen) atoms. The van der Waals surface area contributed by atoms with Crippen LogP contribution < -0.4 is 5.32 Å². The zero-order valence-corrected chi connectivity index (χ0v) is 15.1. The van der Waals surface area contributed by atoms with Gasteiger partial charge in [-0.15, -0.1) is 30.6 Å². The second-order valence-corrected chi connectivity index (χ2v) is 5.34. The Morgan fingerprint density at radius 3 is 2.58 bits per heavy atom. The summed E-state index contributed by atoms with van der Waals surface area (Å²) in [4.78, 5) is 6.71. The van der Waals surface area contributed by atoms with Gasteiger partial charge in [0.1, 0.15) is 0 Å². The van der Waals surface area contributed by atoms with Crippen LogP contribution in [0.4, 0.5) is 0 Å². The molecular formula is C14H30IN3O. The van der Waals surface area contributed by atoms with Gasteiger partial charge in [-0.3, -0.25) is 4.99 Å². The van der Waals surface area contributed by atoms with Gasteiger partial charge >= 0.3 is 0 Å². The molecule has 0 spiro atoms. The van der Waals surface area contributed by atoms with Gasteiger partial charge in [-0.2, -0.15) is 0 Å². The lowest BCUT2D eigenvalue weighted by Gasteiger charge is -2.24. The summed E-state index contributed by atoms with van der Waals surface area (Å²) < 4.78 is 0. The largest absolute Gasteiger partial charge is 0.396 e. The third kappa shape index (κ3) is 10.2. The summed E-state index contributed by atoms with van der Waals surface area (Å²) in [5.41, 5.74) is -0.164. The number of halogens is 1. The molecule has 5 heteroatoms. The number of unbranched alkanes of at least 4 members (excludes halogenated alkanes) is 1. The molecular weight excluding hydrogens is 353 g/mol. The second kappa shape index (κ2) is 11.5. The van der Waals surface area contributed by atoms with E-state index in [0.717, 1.165) is 31.9 Å². The minimum absolute atomic E-state index is 0. The van der Waals surface area contributed by atoms with Crippen molar-refractivity contribution in [1.29, 1.82) is 0 Å². The zero-order chi connectivity index (χ0) is 14.0. The standard InChI is InChI=1S/C14H29N3O.HI/c1-6-8-9-10-17(5)13(15-7-2)16-11-14(3,4)12-18;/h6,18H,1,7-12H2,2-5H3,(H,15,16);1H. The smallest absolute Gasteiger partial charge is 0.193 e. The Labute approximate surface area is 135 Å². The van der Waals surface area contributed by atoms with E-state index < -0.39 is 0 Å². The molecule has 0 aromatic rings. The number of aliphatic hydroxyl groups is 1. The van der Waals surface area contributed by atoms with Crippen LogP contribution in [0.1, 0.15) is 33.6 Å². The van der Waals surface area contributed by atoms with Crippen LogP contribution in [0.15, 0.2) is 17.6 Å². The predicted octanol–water partition coefficient (Wildman–Crippen LogP) is 2.49. The van der Waals surface area contributed by atoms with Gasteiger partial charge in [0.05, 0.1) is 6.54 Å². The molecule has 4 nitrogen and oxygen atoms in total. The van der Waals surface area contributed by atoms with Crippen molar-refractivity contribution in [3.8, 4) is 0 Å². The Hall–Kier alpha value is -0.300. The minimum Gasteiger partial charge on any atom is -0.396 e. The molecule has 0 saturated carbocycles. The van der Waals surface area contributed by atoms with Gasteiger partial charge in [0, 0.05) is 32.2 Å². The monoisotopic (exact) mass is 383 g/mol. The van der Waals surface area contributed by atoms with Crippen LogP contribution >= 0.6 is 24.0 Å². The van der Waals surface area contributed by atoms with E-state index in [2.05, 4.69) is 28.7 Å². The van der Waals surface area contributed by atoms with E-state index in [9.17, 15) is 5.11 Å². The molecule has 0 heterocycles. The third-order valence-electron chi connectivity index (χ3n) is 2.68. The van der Waals surface area contributed by atoms with Crippen LogP contribution in [-0.4, -0.2) is 49.3 Å². The highest BCUT2D eigenvalue weighted by atomic mass is 127. The summed E-state index contributed by atoms with van der Waals surface area (Å²) in [6.45, 7) is 12.4. The molecule has 0 atom stereocenters. The zero-order valence-electron chi connectivity index (χ0n) is 12.8. The number of guanidine groups is 1. The fraction of sp³-hybridized carbons (Fsp3) is 0.786. The molecule has 0 amide bonds. The quantitative estimate of drug-likeness (QED) is 0.223. The van der Waals surface area contributed by atoms with Crippen LogP contribution in [0.25, 0.3) is 0 Å². The fourth-order valence-electron chi connectivity index (χ4n) is 1.39. The van der Waals surface area contributed by atoms with Crippen molar-refractivity contribution >= 4 is 29.9 Å². The normalized spacial score (nSPS) is 11.7. The Morgan fingerprint density at radius 2 is 2.11 bits per heavy atom. The third-order valence-corrected chi connectivity index (χ3v) is 2.68. The van der Waals surface area contributed by atoms with Gasteiger partial charge in [-0.25, -0.2) is 0 Å². The van der Waals surface area contributed by atoms with E-state index in [1.807, 2.05) is 27.0 Å². The van der Waals surface area contributed by atoms with Crippen molar-refractivity contribution in [2.45, 2.75) is 33.6 Å². The van der Waals surface area contributed by atoms with Gasteiger partial charge in [0.25, 0.3) is 0 Å². The molecule has 114 valence electrons. The SMILES string of the molecule is C=CCCCN(C)C(=NCC(C)(C)CO)NCC.I. The molecule has 0 saturated heterocycles. The average molecular weight is 383 g/mol. The van der Waals surface area contributed by atoms with Crippen molar-refractivity contribution in [3.05, 3.63) is 12.7 Å². The first-order valence-electron chi connectivity index (χ1n) is 6.68. The molecule has 0 bridgehead atoms. The molecule has 2 N–H and O–H groups in total. The highest BCUT2D eigenvalue weighted by Gasteiger charge is 2.16. The van der Waals surface area contributed by atoms with E-state index in [-0.39, 0.29) is 36.0 Å². The molecule has 0 aromatic heterocycles. The van der Waals surface area contributed by atoms with Gasteiger partial charge in [-0.05, 0) is 19.8 Å². The van der Waals surface area contributed by atoms with Gasteiger partial charge in [0.15, 0.2) is 5.96 Å². The highest BCUT2D eigenvalue weighted by molar-refractivity contribution is 14.0. The Morgan fingerprint density at radius 1 is 1.47 bits per heavy atom. The molecule has 0 rings (SSSR count). The summed E-state index contributed by atoms with van der Waals surface area (Å²) in [6.07, 6.45) is 4.03. The van der Waals surface area contributed by atoms with Crippen molar-refractivity contribution in [2.24, 2.45) is 10.4 Å². The summed E-state index contributed by atoms with van der Waals surface area (Å²) >= 11 is 0. The first-order chi connectivity index (χ1) is 8.46. The Balaban J connectivity index is 0. The Bertz CT molecular complexity index is 267. The van der Waals surface area contributed by atoms with Crippen LogP contribution in [0.2, 0.25) is 0 Å². The lowest BCUT2D eigenvalue weighted by molar-refractivity contribution is 0.167. The first-order valence-corrected chi connectivity index (χ1v) is 6.68. The van der Waals surface area contributed by atoms with Crippen LogP contribution in [0.3, 0.4) is 0 Å². The number of nitrogens with one attached hydrogen (secondary N) is 1. The summed E-state index contributed by atoms with van der Waals surface area (Å²) in [7, 11) is 2.04. The van der Waals surface area contributed by atoms with Crippen LogP contribution in [0, 0.1) is 5.41 Å². The molecule has 0 aliphatic carbocycles. The van der Waals surface area contributed by atoms with Gasteiger partial charge in [-0.1, -0.05) is 19.9 Å². The average Bonchev–Trinajstić information content (AvgIpc) is 2.34. The highest BCUT2D eigenvalue weighted by Crippen LogP contribution is 2.13. The number of aliphatic hydroxyl groups excluding tert-OH is 1. The Kier molecular flexibility index (Phi) is 12.7. The van der Waals surface area contributed by atoms with Crippen molar-refractivity contribution in [2.75, 3.05) is 33.3 Å². The first kappa shape index (κ1) is 21.0. The summed E-state index contributed by atoms with van der Waals surface area (Å²) in [5, 5.41) is 12.5. The van der Waals surface area contributed by atoms with Crippen molar-refractivity contribution < 1.29 is 5.11 Å². The van der Waals surface area contributed by atoms with Crippen LogP contribution in [-0.2, 0) is 0 Å². The van der Waals surface area contributed by atoms with Crippen molar-refractivity contribution in [1.82, 2.24) is 10.2 Å². The number of hydrogen-bond donors (Lipinski definition) is 2. The predicted molar refractivity (Wildman–Crippen MR) is 94.3 cm³/mol. The lowest BCUT2D eigenvalue weighted by Crippen LogP contribution is -2.40. The topological polar surface area (TPSA) is 47.9 Å². The maximum absolute atomic E-state index is 9.23. The minimum atomic E-state index is -0.164. The molecule has 0 fully saturated rings. The van der Waals surface area contributed by atoms with Gasteiger partial charge in [0.2, 0.25) is 0 Å². The van der Waals surface area contributed by atoms with Crippen LogP contribution in [0.5, 0.6) is 0 Å². The summed E-state index contributed by atoms with van der Waals surface area (Å²) in [5.74, 6) is 0.906. The van der Waals surface area contributed by atoms with E-state index in [4.69, 9.17) is 0 Å². The number of nitrogens with zero attached hydrogens (tertiary/aromatic N) is 2. The van der Waals surface area contributed by atoms with E-state index in [1.165, 1.54) is 0 Å². The maximum atomic E-state index is 9.23. The van der Waals surface area contributed by atoms with E-state index in [1.54, 1.807) is 0 Å². The lowest BCUT2D eigenvalue weighted by atomic mass is 9.95. The number of hydrogen-bond acceptors (Lipinski definition) is 2. The number of aliphatic imine (C=N–C) groups is 1. The van der Waals surface area contributed by atoms with E-state index in [0.29, 0.717) is 6.54 Å². The molecule has 0 aliphatic rings. The second-order valence-electron chi connectivity index (χ2n) is 5.34.